The van der Waals surface area contributed by atoms with E-state index in [4.69, 9.17) is 21.4 Å². The van der Waals surface area contributed by atoms with Crippen molar-refractivity contribution < 1.29 is 13.9 Å². The summed E-state index contributed by atoms with van der Waals surface area (Å²) in [5.74, 6) is 0.833. The van der Waals surface area contributed by atoms with Crippen molar-refractivity contribution in [3.8, 4) is 11.3 Å². The standard InChI is InChI=1S/C17H19N3O3S/c1-4-18-17(24)20-19-10-13-7-8-15(23-13)14-9-12(16(21)22-3)6-5-11(14)2/h5-10H,4H2,1-3H3,(H2,18,20,24). The molecule has 0 bridgehead atoms. The molecule has 7 heteroatoms. The van der Waals surface area contributed by atoms with E-state index < -0.39 is 0 Å². The summed E-state index contributed by atoms with van der Waals surface area (Å²) in [4.78, 5) is 11.7. The van der Waals surface area contributed by atoms with Gasteiger partial charge in [0.1, 0.15) is 11.5 Å². The quantitative estimate of drug-likeness (QED) is 0.376. The van der Waals surface area contributed by atoms with Crippen LogP contribution in [0.25, 0.3) is 11.3 Å². The number of aryl methyl sites for hydroxylation is 1. The van der Waals surface area contributed by atoms with E-state index >= 15 is 0 Å². The first-order valence-electron chi connectivity index (χ1n) is 7.41. The average Bonchev–Trinajstić information content (AvgIpc) is 3.03. The molecule has 2 aromatic rings. The molecule has 2 rings (SSSR count). The molecule has 0 radical (unpaired) electrons. The topological polar surface area (TPSA) is 75.9 Å². The third-order valence-electron chi connectivity index (χ3n) is 3.25. The molecule has 0 amide bonds. The Labute approximate surface area is 145 Å². The Bertz CT molecular complexity index is 768. The first kappa shape index (κ1) is 17.7. The number of nitrogens with one attached hydrogen (secondary N) is 2. The number of esters is 1. The normalized spacial score (nSPS) is 10.6. The molecule has 2 N–H and O–H groups in total. The maximum atomic E-state index is 11.7. The van der Waals surface area contributed by atoms with E-state index in [9.17, 15) is 4.79 Å². The zero-order valence-corrected chi connectivity index (χ0v) is 14.6. The zero-order chi connectivity index (χ0) is 17.5. The number of methoxy groups -OCH3 is 1. The van der Waals surface area contributed by atoms with Crippen LogP contribution in [0, 0.1) is 6.92 Å². The number of benzene rings is 1. The van der Waals surface area contributed by atoms with Gasteiger partial charge in [-0.15, -0.1) is 0 Å². The molecule has 1 heterocycles. The Morgan fingerprint density at radius 2 is 2.17 bits per heavy atom. The van der Waals surface area contributed by atoms with E-state index in [-0.39, 0.29) is 5.97 Å². The Morgan fingerprint density at radius 1 is 1.38 bits per heavy atom. The number of carbonyl (C=O) groups excluding carboxylic acids is 1. The molecule has 0 saturated carbocycles. The minimum atomic E-state index is -0.384. The van der Waals surface area contributed by atoms with Gasteiger partial charge in [-0.25, -0.2) is 4.79 Å². The summed E-state index contributed by atoms with van der Waals surface area (Å²) in [5.41, 5.74) is 4.99. The van der Waals surface area contributed by atoms with Crippen LogP contribution in [0.1, 0.15) is 28.6 Å². The highest BCUT2D eigenvalue weighted by molar-refractivity contribution is 7.80. The lowest BCUT2D eigenvalue weighted by atomic mass is 10.0. The lowest BCUT2D eigenvalue weighted by Crippen LogP contribution is -2.31. The summed E-state index contributed by atoms with van der Waals surface area (Å²) >= 11 is 5.01. The van der Waals surface area contributed by atoms with E-state index in [0.29, 0.717) is 22.2 Å². The van der Waals surface area contributed by atoms with Gasteiger partial charge >= 0.3 is 5.97 Å². The monoisotopic (exact) mass is 345 g/mol. The van der Waals surface area contributed by atoms with Crippen LogP contribution >= 0.6 is 12.2 Å². The van der Waals surface area contributed by atoms with Crippen molar-refractivity contribution in [1.82, 2.24) is 10.7 Å². The van der Waals surface area contributed by atoms with Crippen molar-refractivity contribution in [2.24, 2.45) is 5.10 Å². The van der Waals surface area contributed by atoms with Crippen molar-refractivity contribution in [3.05, 3.63) is 47.2 Å². The lowest BCUT2D eigenvalue weighted by molar-refractivity contribution is 0.0601. The van der Waals surface area contributed by atoms with Gasteiger partial charge < -0.3 is 14.5 Å². The smallest absolute Gasteiger partial charge is 0.337 e. The van der Waals surface area contributed by atoms with E-state index in [1.54, 1.807) is 18.2 Å². The predicted molar refractivity (Wildman–Crippen MR) is 97.2 cm³/mol. The van der Waals surface area contributed by atoms with Crippen molar-refractivity contribution >= 4 is 29.5 Å². The molecule has 0 aliphatic heterocycles. The maximum Gasteiger partial charge on any atom is 0.337 e. The van der Waals surface area contributed by atoms with E-state index in [1.807, 2.05) is 26.0 Å². The molecule has 0 spiro atoms. The zero-order valence-electron chi connectivity index (χ0n) is 13.8. The molecule has 1 aromatic carbocycles. The molecular weight excluding hydrogens is 326 g/mol. The number of hydrazone groups is 1. The number of ether oxygens (including phenoxy) is 1. The molecule has 6 nitrogen and oxygen atoms in total. The van der Waals surface area contributed by atoms with Crippen LogP contribution < -0.4 is 10.7 Å². The highest BCUT2D eigenvalue weighted by atomic mass is 32.1. The number of hydrogen-bond donors (Lipinski definition) is 2. The van der Waals surface area contributed by atoms with Crippen molar-refractivity contribution in [1.29, 1.82) is 0 Å². The number of thiocarbonyl (C=S) groups is 1. The van der Waals surface area contributed by atoms with Gasteiger partial charge in [-0.3, -0.25) is 5.43 Å². The van der Waals surface area contributed by atoms with Gasteiger partial charge in [0.25, 0.3) is 0 Å². The second-order valence-electron chi connectivity index (χ2n) is 4.95. The van der Waals surface area contributed by atoms with E-state index in [1.165, 1.54) is 13.3 Å². The van der Waals surface area contributed by atoms with Crippen LogP contribution in [-0.4, -0.2) is 31.0 Å². The molecule has 0 saturated heterocycles. The van der Waals surface area contributed by atoms with Gasteiger partial charge in [-0.2, -0.15) is 5.10 Å². The molecule has 0 atom stereocenters. The molecule has 24 heavy (non-hydrogen) atoms. The third kappa shape index (κ3) is 4.42. The van der Waals surface area contributed by atoms with Gasteiger partial charge in [0.15, 0.2) is 5.11 Å². The lowest BCUT2D eigenvalue weighted by Gasteiger charge is -2.05. The van der Waals surface area contributed by atoms with Crippen molar-refractivity contribution in [2.45, 2.75) is 13.8 Å². The number of rotatable bonds is 5. The SMILES string of the molecule is CCNC(=S)NN=Cc1ccc(-c2cc(C(=O)OC)ccc2C)o1. The second kappa shape index (κ2) is 8.26. The van der Waals surface area contributed by atoms with Crippen molar-refractivity contribution in [2.75, 3.05) is 13.7 Å². The summed E-state index contributed by atoms with van der Waals surface area (Å²) in [6, 6.07) is 8.95. The average molecular weight is 345 g/mol. The molecular formula is C17H19N3O3S. The van der Waals surface area contributed by atoms with Crippen LogP contribution in [0.3, 0.4) is 0 Å². The van der Waals surface area contributed by atoms with E-state index in [2.05, 4.69) is 15.8 Å². The Hall–Kier alpha value is -2.67. The van der Waals surface area contributed by atoms with Gasteiger partial charge in [-0.1, -0.05) is 6.07 Å². The van der Waals surface area contributed by atoms with Gasteiger partial charge in [0, 0.05) is 12.1 Å². The van der Waals surface area contributed by atoms with Gasteiger partial charge in [0.2, 0.25) is 0 Å². The fourth-order valence-electron chi connectivity index (χ4n) is 2.05. The summed E-state index contributed by atoms with van der Waals surface area (Å²) in [7, 11) is 1.36. The molecule has 0 unspecified atom stereocenters. The van der Waals surface area contributed by atoms with Crippen molar-refractivity contribution in [3.63, 3.8) is 0 Å². The third-order valence-corrected chi connectivity index (χ3v) is 3.48. The molecule has 0 aliphatic rings. The summed E-state index contributed by atoms with van der Waals surface area (Å²) in [5, 5.41) is 7.37. The van der Waals surface area contributed by atoms with Crippen LogP contribution in [0.15, 0.2) is 39.9 Å². The molecule has 126 valence electrons. The predicted octanol–water partition coefficient (Wildman–Crippen LogP) is 2.86. The molecule has 1 aromatic heterocycles. The minimum absolute atomic E-state index is 0.384. The first-order chi connectivity index (χ1) is 11.5. The van der Waals surface area contributed by atoms with E-state index in [0.717, 1.165) is 17.7 Å². The van der Waals surface area contributed by atoms with Crippen LogP contribution in [0.5, 0.6) is 0 Å². The molecule has 0 fully saturated rings. The second-order valence-corrected chi connectivity index (χ2v) is 5.36. The fourth-order valence-corrected chi connectivity index (χ4v) is 2.25. The molecule has 0 aliphatic carbocycles. The van der Waals surface area contributed by atoms with Gasteiger partial charge in [-0.05, 0) is 55.9 Å². The first-order valence-corrected chi connectivity index (χ1v) is 7.82. The highest BCUT2D eigenvalue weighted by Crippen LogP contribution is 2.26. The Balaban J connectivity index is 2.17. The number of hydrogen-bond acceptors (Lipinski definition) is 5. The number of furan rings is 1. The Morgan fingerprint density at radius 3 is 2.88 bits per heavy atom. The van der Waals surface area contributed by atoms with Crippen LogP contribution in [0.2, 0.25) is 0 Å². The summed E-state index contributed by atoms with van der Waals surface area (Å²) < 4.78 is 10.5. The fraction of sp³-hybridized carbons (Fsp3) is 0.235. The van der Waals surface area contributed by atoms with Gasteiger partial charge in [0.05, 0.1) is 18.9 Å². The summed E-state index contributed by atoms with van der Waals surface area (Å²) in [6.45, 7) is 4.62. The Kier molecular flexibility index (Phi) is 6.08. The summed E-state index contributed by atoms with van der Waals surface area (Å²) in [6.07, 6.45) is 1.53. The number of nitrogens with zero attached hydrogens (tertiary/aromatic N) is 1. The largest absolute Gasteiger partial charge is 0.465 e. The van der Waals surface area contributed by atoms with Crippen LogP contribution in [-0.2, 0) is 4.74 Å². The maximum absolute atomic E-state index is 11.7. The number of carbonyl (C=O) groups is 1. The minimum Gasteiger partial charge on any atom is -0.465 e. The van der Waals surface area contributed by atoms with Crippen LogP contribution in [0.4, 0.5) is 0 Å². The highest BCUT2D eigenvalue weighted by Gasteiger charge is 2.12.